The van der Waals surface area contributed by atoms with Crippen molar-refractivity contribution >= 4 is 27.7 Å². The molecular formula is C16H11BrO3. The fourth-order valence-corrected chi connectivity index (χ4v) is 3.02. The van der Waals surface area contributed by atoms with Gasteiger partial charge in [0.15, 0.2) is 5.78 Å². The van der Waals surface area contributed by atoms with Crippen molar-refractivity contribution < 1.29 is 14.3 Å². The Morgan fingerprint density at radius 3 is 2.65 bits per heavy atom. The molecule has 0 atom stereocenters. The van der Waals surface area contributed by atoms with Crippen LogP contribution in [-0.2, 0) is 10.1 Å². The van der Waals surface area contributed by atoms with Gasteiger partial charge in [0, 0.05) is 16.5 Å². The van der Waals surface area contributed by atoms with Gasteiger partial charge in [-0.15, -0.1) is 0 Å². The monoisotopic (exact) mass is 330 g/mol. The summed E-state index contributed by atoms with van der Waals surface area (Å²) in [6.07, 6.45) is 0. The molecule has 1 aliphatic rings. The molecule has 0 amide bonds. The van der Waals surface area contributed by atoms with Crippen molar-refractivity contribution in [2.24, 2.45) is 0 Å². The van der Waals surface area contributed by atoms with E-state index in [0.717, 1.165) is 22.3 Å². The Morgan fingerprint density at radius 2 is 1.95 bits per heavy atom. The van der Waals surface area contributed by atoms with Crippen molar-refractivity contribution in [2.75, 3.05) is 7.11 Å². The lowest BCUT2D eigenvalue weighted by atomic mass is 10.0. The van der Waals surface area contributed by atoms with Gasteiger partial charge in [-0.1, -0.05) is 40.2 Å². The molecule has 0 radical (unpaired) electrons. The molecule has 20 heavy (non-hydrogen) atoms. The standard InChI is InChI=1S/C16H11BrO3/c1-20-16(19)9-5-6-11-12-4-2-3-10(8-17)14(12)15(18)13(11)7-9/h2-7H,8H2,1H3. The van der Waals surface area contributed by atoms with Crippen molar-refractivity contribution in [1.29, 1.82) is 0 Å². The maximum Gasteiger partial charge on any atom is 0.337 e. The van der Waals surface area contributed by atoms with Gasteiger partial charge < -0.3 is 4.74 Å². The number of hydrogen-bond acceptors (Lipinski definition) is 3. The van der Waals surface area contributed by atoms with Gasteiger partial charge >= 0.3 is 5.97 Å². The second kappa shape index (κ2) is 4.87. The van der Waals surface area contributed by atoms with Gasteiger partial charge in [0.2, 0.25) is 0 Å². The molecule has 0 saturated heterocycles. The lowest BCUT2D eigenvalue weighted by Crippen LogP contribution is -2.04. The van der Waals surface area contributed by atoms with Crippen LogP contribution < -0.4 is 0 Å². The molecule has 0 bridgehead atoms. The van der Waals surface area contributed by atoms with Gasteiger partial charge in [0.05, 0.1) is 12.7 Å². The van der Waals surface area contributed by atoms with Gasteiger partial charge in [-0.2, -0.15) is 0 Å². The summed E-state index contributed by atoms with van der Waals surface area (Å²) in [5.41, 5.74) is 4.45. The third kappa shape index (κ3) is 1.79. The topological polar surface area (TPSA) is 43.4 Å². The van der Waals surface area contributed by atoms with E-state index in [0.29, 0.717) is 16.5 Å². The van der Waals surface area contributed by atoms with E-state index in [2.05, 4.69) is 15.9 Å². The minimum atomic E-state index is -0.433. The van der Waals surface area contributed by atoms with Gasteiger partial charge in [0.1, 0.15) is 0 Å². The molecule has 0 spiro atoms. The summed E-state index contributed by atoms with van der Waals surface area (Å²) in [6, 6.07) is 10.9. The van der Waals surface area contributed by atoms with Crippen molar-refractivity contribution in [3.63, 3.8) is 0 Å². The number of esters is 1. The van der Waals surface area contributed by atoms with E-state index in [1.165, 1.54) is 7.11 Å². The lowest BCUT2D eigenvalue weighted by molar-refractivity contribution is 0.0601. The molecule has 0 saturated carbocycles. The van der Waals surface area contributed by atoms with E-state index in [9.17, 15) is 9.59 Å². The highest BCUT2D eigenvalue weighted by molar-refractivity contribution is 9.08. The third-order valence-corrected chi connectivity index (χ3v) is 4.10. The molecule has 0 N–H and O–H groups in total. The van der Waals surface area contributed by atoms with Crippen LogP contribution in [0.5, 0.6) is 0 Å². The quantitative estimate of drug-likeness (QED) is 0.532. The Labute approximate surface area is 124 Å². The van der Waals surface area contributed by atoms with Crippen LogP contribution in [0.1, 0.15) is 31.8 Å². The number of benzene rings is 2. The highest BCUT2D eigenvalue weighted by atomic mass is 79.9. The zero-order valence-electron chi connectivity index (χ0n) is 10.8. The Morgan fingerprint density at radius 1 is 1.15 bits per heavy atom. The first-order valence-electron chi connectivity index (χ1n) is 6.12. The summed E-state index contributed by atoms with van der Waals surface area (Å²) in [6.45, 7) is 0. The summed E-state index contributed by atoms with van der Waals surface area (Å²) in [7, 11) is 1.33. The van der Waals surface area contributed by atoms with E-state index in [4.69, 9.17) is 4.74 Å². The van der Waals surface area contributed by atoms with Crippen molar-refractivity contribution in [1.82, 2.24) is 0 Å². The predicted octanol–water partition coefficient (Wildman–Crippen LogP) is 3.58. The summed E-state index contributed by atoms with van der Waals surface area (Å²) in [4.78, 5) is 24.1. The first-order chi connectivity index (χ1) is 9.67. The Hall–Kier alpha value is -1.94. The number of fused-ring (bicyclic) bond motifs is 3. The van der Waals surface area contributed by atoms with Crippen molar-refractivity contribution in [3.8, 4) is 11.1 Å². The zero-order valence-corrected chi connectivity index (χ0v) is 12.4. The molecule has 2 aromatic rings. The molecule has 0 heterocycles. The Kier molecular flexibility index (Phi) is 3.18. The Bertz CT molecular complexity index is 734. The van der Waals surface area contributed by atoms with Crippen molar-refractivity contribution in [2.45, 2.75) is 5.33 Å². The van der Waals surface area contributed by atoms with Crippen LogP contribution in [0.15, 0.2) is 36.4 Å². The molecule has 3 nitrogen and oxygen atoms in total. The molecule has 0 unspecified atom stereocenters. The summed E-state index contributed by atoms with van der Waals surface area (Å²) in [5.74, 6) is -0.465. The van der Waals surface area contributed by atoms with Crippen LogP contribution in [0.25, 0.3) is 11.1 Å². The van der Waals surface area contributed by atoms with Crippen LogP contribution in [-0.4, -0.2) is 18.9 Å². The highest BCUT2D eigenvalue weighted by Crippen LogP contribution is 2.39. The van der Waals surface area contributed by atoms with Crippen LogP contribution >= 0.6 is 15.9 Å². The number of ether oxygens (including phenoxy) is 1. The SMILES string of the molecule is COC(=O)c1ccc2c(c1)C(=O)c1c(CBr)cccc1-2. The maximum atomic E-state index is 12.6. The number of hydrogen-bond donors (Lipinski definition) is 0. The van der Waals surface area contributed by atoms with Crippen LogP contribution in [0.3, 0.4) is 0 Å². The molecule has 0 aliphatic heterocycles. The summed E-state index contributed by atoms with van der Waals surface area (Å²) < 4.78 is 4.70. The summed E-state index contributed by atoms with van der Waals surface area (Å²) >= 11 is 3.41. The number of methoxy groups -OCH3 is 1. The summed E-state index contributed by atoms with van der Waals surface area (Å²) in [5, 5.41) is 0.625. The number of rotatable bonds is 2. The predicted molar refractivity (Wildman–Crippen MR) is 79.3 cm³/mol. The number of carbonyl (C=O) groups is 2. The van der Waals surface area contributed by atoms with E-state index in [1.807, 2.05) is 24.3 Å². The molecule has 100 valence electrons. The fourth-order valence-electron chi connectivity index (χ4n) is 2.55. The van der Waals surface area contributed by atoms with Gasteiger partial charge in [-0.3, -0.25) is 4.79 Å². The molecule has 0 fully saturated rings. The van der Waals surface area contributed by atoms with Gasteiger partial charge in [-0.25, -0.2) is 4.79 Å². The lowest BCUT2D eigenvalue weighted by Gasteiger charge is -2.03. The normalized spacial score (nSPS) is 12.0. The molecule has 4 heteroatoms. The average molecular weight is 331 g/mol. The molecule has 3 rings (SSSR count). The molecule has 2 aromatic carbocycles. The van der Waals surface area contributed by atoms with Crippen LogP contribution in [0.2, 0.25) is 0 Å². The largest absolute Gasteiger partial charge is 0.465 e. The molecular weight excluding hydrogens is 320 g/mol. The van der Waals surface area contributed by atoms with Crippen LogP contribution in [0.4, 0.5) is 0 Å². The minimum absolute atomic E-state index is 0.0317. The highest BCUT2D eigenvalue weighted by Gasteiger charge is 2.29. The first kappa shape index (κ1) is 13.1. The number of halogens is 1. The first-order valence-corrected chi connectivity index (χ1v) is 7.24. The second-order valence-corrected chi connectivity index (χ2v) is 5.12. The van der Waals surface area contributed by atoms with Crippen LogP contribution in [0, 0.1) is 0 Å². The number of carbonyl (C=O) groups excluding carboxylic acids is 2. The smallest absolute Gasteiger partial charge is 0.337 e. The molecule has 1 aliphatic carbocycles. The average Bonchev–Trinajstić information content (AvgIpc) is 2.79. The third-order valence-electron chi connectivity index (χ3n) is 3.50. The van der Waals surface area contributed by atoms with E-state index >= 15 is 0 Å². The van der Waals surface area contributed by atoms with E-state index in [1.54, 1.807) is 12.1 Å². The van der Waals surface area contributed by atoms with Crippen molar-refractivity contribution in [3.05, 3.63) is 58.7 Å². The van der Waals surface area contributed by atoms with E-state index in [-0.39, 0.29) is 5.78 Å². The maximum absolute atomic E-state index is 12.6. The number of alkyl halides is 1. The number of ketones is 1. The zero-order chi connectivity index (χ0) is 14.3. The second-order valence-electron chi connectivity index (χ2n) is 4.55. The Balaban J connectivity index is 2.20. The molecule has 0 aromatic heterocycles. The van der Waals surface area contributed by atoms with Gasteiger partial charge in [-0.05, 0) is 28.8 Å². The minimum Gasteiger partial charge on any atom is -0.465 e. The van der Waals surface area contributed by atoms with E-state index < -0.39 is 5.97 Å². The fraction of sp³-hybridized carbons (Fsp3) is 0.125. The van der Waals surface area contributed by atoms with Gasteiger partial charge in [0.25, 0.3) is 0 Å².